The Bertz CT molecular complexity index is 634. The van der Waals surface area contributed by atoms with Crippen LogP contribution < -0.4 is 4.90 Å². The van der Waals surface area contributed by atoms with Crippen LogP contribution in [0.25, 0.3) is 6.08 Å². The number of nitrogens with zero attached hydrogens (tertiary/aromatic N) is 2. The summed E-state index contributed by atoms with van der Waals surface area (Å²) in [5.74, 6) is -0.00724. The molecule has 2 aliphatic rings. The quantitative estimate of drug-likeness (QED) is 0.617. The molecule has 1 amide bonds. The number of rotatable bonds is 4. The van der Waals surface area contributed by atoms with E-state index < -0.39 is 0 Å². The predicted molar refractivity (Wildman–Crippen MR) is 99.6 cm³/mol. The Morgan fingerprint density at radius 2 is 2.13 bits per heavy atom. The van der Waals surface area contributed by atoms with E-state index in [0.717, 1.165) is 30.7 Å². The van der Waals surface area contributed by atoms with Gasteiger partial charge in [0.15, 0.2) is 0 Å². The van der Waals surface area contributed by atoms with Gasteiger partial charge in [0.05, 0.1) is 17.6 Å². The van der Waals surface area contributed by atoms with E-state index in [9.17, 15) is 4.79 Å². The highest BCUT2D eigenvalue weighted by atomic mass is 32.2. The number of thioether (sulfide) groups is 1. The fraction of sp³-hybridized carbons (Fsp3) is 0.412. The van der Waals surface area contributed by atoms with Gasteiger partial charge < -0.3 is 9.64 Å². The van der Waals surface area contributed by atoms with Gasteiger partial charge in [-0.15, -0.1) is 0 Å². The van der Waals surface area contributed by atoms with Gasteiger partial charge in [-0.1, -0.05) is 36.1 Å². The monoisotopic (exact) mass is 348 g/mol. The molecule has 0 unspecified atom stereocenters. The summed E-state index contributed by atoms with van der Waals surface area (Å²) in [6.45, 7) is 1.36. The number of anilines is 1. The van der Waals surface area contributed by atoms with Crippen molar-refractivity contribution in [3.8, 4) is 0 Å². The van der Waals surface area contributed by atoms with E-state index in [1.165, 1.54) is 11.8 Å². The number of thiocarbonyl (C=S) groups is 1. The number of ether oxygens (including phenoxy) is 1. The number of carbonyl (C=O) groups is 1. The molecule has 23 heavy (non-hydrogen) atoms. The van der Waals surface area contributed by atoms with Gasteiger partial charge in [0, 0.05) is 26.4 Å². The second-order valence-electron chi connectivity index (χ2n) is 5.91. The largest absolute Gasteiger partial charge is 0.378 e. The van der Waals surface area contributed by atoms with Crippen molar-refractivity contribution in [2.75, 3.05) is 32.1 Å². The van der Waals surface area contributed by atoms with Crippen molar-refractivity contribution in [3.63, 3.8) is 0 Å². The molecule has 0 aromatic heterocycles. The second kappa shape index (κ2) is 7.03. The van der Waals surface area contributed by atoms with E-state index in [1.807, 2.05) is 49.3 Å². The number of benzene rings is 1. The molecule has 2 aliphatic heterocycles. The zero-order valence-electron chi connectivity index (χ0n) is 13.3. The molecule has 6 heteroatoms. The van der Waals surface area contributed by atoms with E-state index in [2.05, 4.69) is 0 Å². The highest BCUT2D eigenvalue weighted by Crippen LogP contribution is 2.33. The molecule has 0 bridgehead atoms. The van der Waals surface area contributed by atoms with Crippen LogP contribution in [0, 0.1) is 0 Å². The Balaban J connectivity index is 1.72. The van der Waals surface area contributed by atoms with Crippen LogP contribution in [0.3, 0.4) is 0 Å². The topological polar surface area (TPSA) is 32.8 Å². The van der Waals surface area contributed by atoms with E-state index >= 15 is 0 Å². The van der Waals surface area contributed by atoms with Gasteiger partial charge in [-0.3, -0.25) is 9.69 Å². The maximum atomic E-state index is 12.6. The minimum absolute atomic E-state index is 0.00724. The molecule has 2 heterocycles. The SMILES string of the molecule is CN(C)c1ccc(/C=C2/SC(=S)N(C[C@@H]3CCCO3)C2=O)cc1. The molecule has 0 saturated carbocycles. The van der Waals surface area contributed by atoms with E-state index in [0.29, 0.717) is 15.8 Å². The van der Waals surface area contributed by atoms with Gasteiger partial charge in [0.1, 0.15) is 4.32 Å². The fourth-order valence-electron chi connectivity index (χ4n) is 2.67. The minimum atomic E-state index is -0.00724. The third kappa shape index (κ3) is 3.76. The van der Waals surface area contributed by atoms with Crippen LogP contribution in [0.5, 0.6) is 0 Å². The minimum Gasteiger partial charge on any atom is -0.378 e. The molecule has 4 nitrogen and oxygen atoms in total. The number of hydrogen-bond donors (Lipinski definition) is 0. The summed E-state index contributed by atoms with van der Waals surface area (Å²) in [5.41, 5.74) is 2.14. The molecular formula is C17H20N2O2S2. The average molecular weight is 348 g/mol. The Kier molecular flexibility index (Phi) is 5.04. The molecule has 1 atom stereocenters. The van der Waals surface area contributed by atoms with Crippen molar-refractivity contribution in [3.05, 3.63) is 34.7 Å². The standard InChI is InChI=1S/C17H20N2O2S2/c1-18(2)13-7-5-12(6-8-13)10-15-16(20)19(17(22)23-15)11-14-4-3-9-21-14/h5-8,10,14H,3-4,9,11H2,1-2H3/b15-10+/t14-/m0/s1. The Morgan fingerprint density at radius 1 is 1.39 bits per heavy atom. The lowest BCUT2D eigenvalue weighted by Gasteiger charge is -2.18. The van der Waals surface area contributed by atoms with Crippen molar-refractivity contribution in [2.45, 2.75) is 18.9 Å². The van der Waals surface area contributed by atoms with Crippen LogP contribution in [0.2, 0.25) is 0 Å². The highest BCUT2D eigenvalue weighted by Gasteiger charge is 2.34. The molecule has 2 fully saturated rings. The normalized spacial score (nSPS) is 23.1. The van der Waals surface area contributed by atoms with Crippen LogP contribution in [-0.4, -0.2) is 48.5 Å². The van der Waals surface area contributed by atoms with Gasteiger partial charge in [-0.05, 0) is 36.6 Å². The Labute approximate surface area is 146 Å². The maximum Gasteiger partial charge on any atom is 0.266 e. The van der Waals surface area contributed by atoms with Crippen LogP contribution in [0.15, 0.2) is 29.2 Å². The zero-order chi connectivity index (χ0) is 16.4. The molecule has 0 N–H and O–H groups in total. The fourth-order valence-corrected chi connectivity index (χ4v) is 3.94. The lowest BCUT2D eigenvalue weighted by molar-refractivity contribution is -0.123. The van der Waals surface area contributed by atoms with Crippen molar-refractivity contribution >= 4 is 46.0 Å². The first-order valence-electron chi connectivity index (χ1n) is 7.69. The number of hydrogen-bond acceptors (Lipinski definition) is 5. The van der Waals surface area contributed by atoms with Gasteiger partial charge >= 0.3 is 0 Å². The smallest absolute Gasteiger partial charge is 0.266 e. The van der Waals surface area contributed by atoms with E-state index in [4.69, 9.17) is 17.0 Å². The second-order valence-corrected chi connectivity index (χ2v) is 7.59. The lowest BCUT2D eigenvalue weighted by Crippen LogP contribution is -2.35. The van der Waals surface area contributed by atoms with Crippen molar-refractivity contribution in [2.24, 2.45) is 0 Å². The predicted octanol–water partition coefficient (Wildman–Crippen LogP) is 3.13. The molecule has 1 aromatic carbocycles. The first-order valence-corrected chi connectivity index (χ1v) is 8.91. The van der Waals surface area contributed by atoms with Crippen LogP contribution in [0.1, 0.15) is 18.4 Å². The highest BCUT2D eigenvalue weighted by molar-refractivity contribution is 8.26. The summed E-state index contributed by atoms with van der Waals surface area (Å²) < 4.78 is 6.24. The summed E-state index contributed by atoms with van der Waals surface area (Å²) in [6, 6.07) is 8.11. The first kappa shape index (κ1) is 16.5. The molecule has 0 radical (unpaired) electrons. The van der Waals surface area contributed by atoms with Crippen molar-refractivity contribution in [1.82, 2.24) is 4.90 Å². The summed E-state index contributed by atoms with van der Waals surface area (Å²) in [6.07, 6.45) is 4.10. The van der Waals surface area contributed by atoms with Crippen molar-refractivity contribution in [1.29, 1.82) is 0 Å². The molecule has 0 spiro atoms. The summed E-state index contributed by atoms with van der Waals surface area (Å²) in [5, 5.41) is 0. The number of carbonyl (C=O) groups excluding carboxylic acids is 1. The van der Waals surface area contributed by atoms with Crippen LogP contribution in [0.4, 0.5) is 5.69 Å². The molecule has 2 saturated heterocycles. The first-order chi connectivity index (χ1) is 11.0. The summed E-state index contributed by atoms with van der Waals surface area (Å²) in [7, 11) is 4.01. The molecule has 122 valence electrons. The third-order valence-corrected chi connectivity index (χ3v) is 5.37. The van der Waals surface area contributed by atoms with E-state index in [-0.39, 0.29) is 12.0 Å². The number of amides is 1. The van der Waals surface area contributed by atoms with Gasteiger partial charge in [-0.25, -0.2) is 0 Å². The Hall–Kier alpha value is -1.37. The Morgan fingerprint density at radius 3 is 2.74 bits per heavy atom. The summed E-state index contributed by atoms with van der Waals surface area (Å²) >= 11 is 6.74. The molecule has 0 aliphatic carbocycles. The molecular weight excluding hydrogens is 328 g/mol. The molecule has 1 aromatic rings. The molecule has 3 rings (SSSR count). The van der Waals surface area contributed by atoms with Gasteiger partial charge in [0.25, 0.3) is 5.91 Å². The van der Waals surface area contributed by atoms with E-state index in [1.54, 1.807) is 4.90 Å². The average Bonchev–Trinajstić information content (AvgIpc) is 3.12. The zero-order valence-corrected chi connectivity index (χ0v) is 15.0. The lowest BCUT2D eigenvalue weighted by atomic mass is 10.2. The van der Waals surface area contributed by atoms with Crippen molar-refractivity contribution < 1.29 is 9.53 Å². The van der Waals surface area contributed by atoms with Gasteiger partial charge in [-0.2, -0.15) is 0 Å². The van der Waals surface area contributed by atoms with Gasteiger partial charge in [0.2, 0.25) is 0 Å². The van der Waals surface area contributed by atoms with Crippen LogP contribution in [-0.2, 0) is 9.53 Å². The van der Waals surface area contributed by atoms with Crippen LogP contribution >= 0.6 is 24.0 Å². The summed E-state index contributed by atoms with van der Waals surface area (Å²) in [4.78, 5) is 17.0. The third-order valence-electron chi connectivity index (χ3n) is 3.99. The maximum absolute atomic E-state index is 12.6.